The summed E-state index contributed by atoms with van der Waals surface area (Å²) >= 11 is 6.07. The molecule has 3 aromatic rings. The van der Waals surface area contributed by atoms with E-state index >= 15 is 0 Å². The van der Waals surface area contributed by atoms with Gasteiger partial charge < -0.3 is 15.0 Å². The Kier molecular flexibility index (Phi) is 8.06. The van der Waals surface area contributed by atoms with Gasteiger partial charge in [0.2, 0.25) is 15.9 Å². The summed E-state index contributed by atoms with van der Waals surface area (Å²) < 4.78 is 34.0. The molecule has 1 unspecified atom stereocenters. The number of benzene rings is 2. The number of fused-ring (bicyclic) bond motifs is 1. The van der Waals surface area contributed by atoms with Crippen LogP contribution < -0.4 is 10.2 Å². The Bertz CT molecular complexity index is 1460. The monoisotopic (exact) mass is 570 g/mol. The number of ether oxygens (including phenoxy) is 1. The summed E-state index contributed by atoms with van der Waals surface area (Å²) in [6, 6.07) is 13.2. The second-order valence-electron chi connectivity index (χ2n) is 9.93. The number of pyridine rings is 1. The van der Waals surface area contributed by atoms with Gasteiger partial charge in [0.15, 0.2) is 0 Å². The first-order valence-electron chi connectivity index (χ1n) is 13.1. The number of piperidine rings is 1. The first-order chi connectivity index (χ1) is 18.8. The molecule has 0 bridgehead atoms. The average molecular weight is 571 g/mol. The first kappa shape index (κ1) is 27.4. The second kappa shape index (κ2) is 11.5. The van der Waals surface area contributed by atoms with Crippen LogP contribution in [0.3, 0.4) is 0 Å². The molecular weight excluding hydrogens is 540 g/mol. The summed E-state index contributed by atoms with van der Waals surface area (Å²) in [4.78, 5) is 32.4. The number of piperazine rings is 1. The minimum atomic E-state index is -4.00. The minimum absolute atomic E-state index is 0.0131. The van der Waals surface area contributed by atoms with Crippen molar-refractivity contribution in [1.29, 1.82) is 0 Å². The number of amides is 1. The molecular formula is C28H31ClN4O5S. The summed E-state index contributed by atoms with van der Waals surface area (Å²) in [5.74, 6) is -1.58. The molecule has 1 aromatic heterocycles. The molecule has 0 saturated carbocycles. The maximum atomic E-state index is 13.7. The van der Waals surface area contributed by atoms with E-state index in [1.165, 1.54) is 10.4 Å². The molecule has 2 saturated heterocycles. The molecule has 2 aromatic carbocycles. The van der Waals surface area contributed by atoms with Crippen LogP contribution in [0.2, 0.25) is 5.02 Å². The number of aromatic nitrogens is 1. The van der Waals surface area contributed by atoms with Crippen molar-refractivity contribution in [3.63, 3.8) is 0 Å². The quantitative estimate of drug-likeness (QED) is 0.433. The lowest BCUT2D eigenvalue weighted by atomic mass is 9.79. The Morgan fingerprint density at radius 2 is 1.79 bits per heavy atom. The van der Waals surface area contributed by atoms with Gasteiger partial charge in [-0.25, -0.2) is 8.42 Å². The summed E-state index contributed by atoms with van der Waals surface area (Å²) in [5, 5.41) is 5.01. The van der Waals surface area contributed by atoms with E-state index in [1.54, 1.807) is 49.6 Å². The second-order valence-corrected chi connectivity index (χ2v) is 12.3. The van der Waals surface area contributed by atoms with Crippen molar-refractivity contribution >= 4 is 50.0 Å². The predicted octanol–water partition coefficient (Wildman–Crippen LogP) is 3.47. The highest BCUT2D eigenvalue weighted by Crippen LogP contribution is 2.33. The number of anilines is 1. The molecule has 9 nitrogen and oxygen atoms in total. The Morgan fingerprint density at radius 1 is 1.10 bits per heavy atom. The number of carbonyl (C=O) groups excluding carboxylic acids is 2. The van der Waals surface area contributed by atoms with E-state index in [0.29, 0.717) is 17.9 Å². The highest BCUT2D eigenvalue weighted by molar-refractivity contribution is 7.89. The third-order valence-corrected chi connectivity index (χ3v) is 9.59. The van der Waals surface area contributed by atoms with Gasteiger partial charge in [0, 0.05) is 42.7 Å². The summed E-state index contributed by atoms with van der Waals surface area (Å²) in [5.41, 5.74) is 1.07. The van der Waals surface area contributed by atoms with Gasteiger partial charge in [-0.15, -0.1) is 0 Å². The molecule has 206 valence electrons. The highest BCUT2D eigenvalue weighted by Gasteiger charge is 2.44. The predicted molar refractivity (Wildman–Crippen MR) is 149 cm³/mol. The number of hydrogen-bond acceptors (Lipinski definition) is 7. The average Bonchev–Trinajstić information content (AvgIpc) is 2.93. The number of nitrogens with zero attached hydrogens (tertiary/aromatic N) is 3. The SMILES string of the molecule is CCOC(=O)C(C1CCN(c2ccncc2)CC1)[C@@H]1CN(S(=O)(=O)c2ccc3cc(Cl)ccc3c2)CC(=O)N1. The molecule has 1 N–H and O–H groups in total. The molecule has 0 aliphatic carbocycles. The normalized spacial score (nSPS) is 20.0. The van der Waals surface area contributed by atoms with Gasteiger partial charge in [-0.2, -0.15) is 4.31 Å². The molecule has 0 radical (unpaired) electrons. The van der Waals surface area contributed by atoms with Gasteiger partial charge in [0.1, 0.15) is 0 Å². The van der Waals surface area contributed by atoms with Crippen LogP contribution in [0.15, 0.2) is 65.8 Å². The highest BCUT2D eigenvalue weighted by atomic mass is 35.5. The van der Waals surface area contributed by atoms with E-state index in [2.05, 4.69) is 15.2 Å². The van der Waals surface area contributed by atoms with Gasteiger partial charge >= 0.3 is 5.97 Å². The van der Waals surface area contributed by atoms with Gasteiger partial charge in [0.05, 0.1) is 30.0 Å². The van der Waals surface area contributed by atoms with E-state index in [4.69, 9.17) is 16.3 Å². The van der Waals surface area contributed by atoms with Crippen molar-refractivity contribution in [3.05, 3.63) is 65.9 Å². The van der Waals surface area contributed by atoms with Gasteiger partial charge in [-0.3, -0.25) is 14.6 Å². The van der Waals surface area contributed by atoms with Crippen LogP contribution >= 0.6 is 11.6 Å². The number of sulfonamides is 1. The Hall–Kier alpha value is -3.21. The van der Waals surface area contributed by atoms with Crippen LogP contribution in [0.5, 0.6) is 0 Å². The maximum absolute atomic E-state index is 13.7. The maximum Gasteiger partial charge on any atom is 0.311 e. The summed E-state index contributed by atoms with van der Waals surface area (Å²) in [6.07, 6.45) is 4.91. The molecule has 2 atom stereocenters. The molecule has 3 heterocycles. The van der Waals surface area contributed by atoms with Gasteiger partial charge in [-0.1, -0.05) is 23.7 Å². The third-order valence-electron chi connectivity index (χ3n) is 7.55. The fourth-order valence-corrected chi connectivity index (χ4v) is 7.27. The zero-order valence-corrected chi connectivity index (χ0v) is 23.2. The van der Waals surface area contributed by atoms with Crippen molar-refractivity contribution < 1.29 is 22.7 Å². The Labute approximate surface area is 233 Å². The third kappa shape index (κ3) is 5.88. The first-order valence-corrected chi connectivity index (χ1v) is 14.9. The summed E-state index contributed by atoms with van der Waals surface area (Å²) in [6.45, 7) is 3.08. The van der Waals surface area contributed by atoms with Crippen LogP contribution in [-0.2, 0) is 24.3 Å². The zero-order chi connectivity index (χ0) is 27.6. The van der Waals surface area contributed by atoms with Crippen molar-refractivity contribution in [1.82, 2.24) is 14.6 Å². The van der Waals surface area contributed by atoms with Gasteiger partial charge in [0.25, 0.3) is 0 Å². The van der Waals surface area contributed by atoms with Crippen LogP contribution in [0.1, 0.15) is 19.8 Å². The smallest absolute Gasteiger partial charge is 0.311 e. The number of rotatable bonds is 7. The van der Waals surface area contributed by atoms with Crippen molar-refractivity contribution in [3.8, 4) is 0 Å². The number of halogens is 1. The van der Waals surface area contributed by atoms with E-state index in [0.717, 1.165) is 29.5 Å². The van der Waals surface area contributed by atoms with Crippen LogP contribution in [0.4, 0.5) is 5.69 Å². The Morgan fingerprint density at radius 3 is 2.51 bits per heavy atom. The van der Waals surface area contributed by atoms with Crippen molar-refractivity contribution in [2.24, 2.45) is 11.8 Å². The van der Waals surface area contributed by atoms with Crippen molar-refractivity contribution in [2.45, 2.75) is 30.7 Å². The fraction of sp³-hybridized carbons (Fsp3) is 0.393. The molecule has 2 aliphatic heterocycles. The van der Waals surface area contributed by atoms with E-state index in [1.807, 2.05) is 12.1 Å². The molecule has 39 heavy (non-hydrogen) atoms. The number of nitrogens with one attached hydrogen (secondary N) is 1. The Balaban J connectivity index is 1.37. The molecule has 2 fully saturated rings. The largest absolute Gasteiger partial charge is 0.466 e. The molecule has 1 amide bonds. The van der Waals surface area contributed by atoms with Gasteiger partial charge in [-0.05, 0) is 72.9 Å². The summed E-state index contributed by atoms with van der Waals surface area (Å²) in [7, 11) is -4.00. The lowest BCUT2D eigenvalue weighted by molar-refractivity contribution is -0.152. The van der Waals surface area contributed by atoms with Crippen LogP contribution in [-0.4, -0.2) is 68.4 Å². The van der Waals surface area contributed by atoms with E-state index in [-0.39, 0.29) is 30.5 Å². The minimum Gasteiger partial charge on any atom is -0.466 e. The topological polar surface area (TPSA) is 109 Å². The van der Waals surface area contributed by atoms with E-state index < -0.39 is 33.9 Å². The fourth-order valence-electron chi connectivity index (χ4n) is 5.63. The standard InChI is InChI=1S/C28H31ClN4O5S/c1-2-38-28(35)27(19-9-13-32(14-10-19)23-7-11-30-12-8-23)25-17-33(18-26(34)31-25)39(36,37)24-6-4-20-15-22(29)5-3-21(20)16-24/h3-8,11-12,15-16,19,25,27H,2,9-10,13-14,17-18H2,1H3,(H,31,34)/t25-,27?/m0/s1. The zero-order valence-electron chi connectivity index (χ0n) is 21.6. The molecule has 0 spiro atoms. The molecule has 11 heteroatoms. The number of esters is 1. The number of carbonyl (C=O) groups is 2. The van der Waals surface area contributed by atoms with Crippen LogP contribution in [0.25, 0.3) is 10.8 Å². The molecule has 5 rings (SSSR count). The van der Waals surface area contributed by atoms with Crippen molar-refractivity contribution in [2.75, 3.05) is 37.7 Å². The number of hydrogen-bond donors (Lipinski definition) is 1. The van der Waals surface area contributed by atoms with Crippen LogP contribution in [0, 0.1) is 11.8 Å². The molecule has 2 aliphatic rings. The lowest BCUT2D eigenvalue weighted by Gasteiger charge is -2.41. The van der Waals surface area contributed by atoms with E-state index in [9.17, 15) is 18.0 Å². The lowest BCUT2D eigenvalue weighted by Crippen LogP contribution is -2.61.